The Labute approximate surface area is 113 Å². The fourth-order valence-corrected chi connectivity index (χ4v) is 1.48. The Bertz CT molecular complexity index is 383. The van der Waals surface area contributed by atoms with Crippen molar-refractivity contribution in [1.82, 2.24) is 10.3 Å². The van der Waals surface area contributed by atoms with Gasteiger partial charge in [-0.15, -0.1) is 0 Å². The van der Waals surface area contributed by atoms with Gasteiger partial charge in [0.05, 0.1) is 0 Å². The van der Waals surface area contributed by atoms with Crippen LogP contribution in [0.15, 0.2) is 18.2 Å². The van der Waals surface area contributed by atoms with Crippen molar-refractivity contribution in [3.63, 3.8) is 0 Å². The van der Waals surface area contributed by atoms with Crippen LogP contribution in [0, 0.1) is 5.92 Å². The number of nitrogens with one attached hydrogen (secondary N) is 1. The molecule has 100 valence electrons. The SMILES string of the molecule is CC(C)COCCCNC(=O)c1cccc(Cl)n1. The monoisotopic (exact) mass is 270 g/mol. The molecule has 1 rings (SSSR count). The topological polar surface area (TPSA) is 51.2 Å². The molecule has 1 aromatic heterocycles. The molecule has 0 saturated heterocycles. The van der Waals surface area contributed by atoms with Crippen molar-refractivity contribution < 1.29 is 9.53 Å². The molecule has 0 aromatic carbocycles. The van der Waals surface area contributed by atoms with Crippen LogP contribution in [0.4, 0.5) is 0 Å². The van der Waals surface area contributed by atoms with Crippen molar-refractivity contribution in [3.05, 3.63) is 29.0 Å². The molecular formula is C13H19ClN2O2. The molecule has 0 bridgehead atoms. The molecular weight excluding hydrogens is 252 g/mol. The molecule has 18 heavy (non-hydrogen) atoms. The van der Waals surface area contributed by atoms with Crippen LogP contribution in [0.2, 0.25) is 5.15 Å². The first kappa shape index (κ1) is 14.9. The fraction of sp³-hybridized carbons (Fsp3) is 0.538. The van der Waals surface area contributed by atoms with E-state index in [2.05, 4.69) is 24.1 Å². The van der Waals surface area contributed by atoms with Crippen molar-refractivity contribution in [2.24, 2.45) is 5.92 Å². The second kappa shape index (κ2) is 8.06. The van der Waals surface area contributed by atoms with E-state index in [1.165, 1.54) is 0 Å². The number of carbonyl (C=O) groups excluding carboxylic acids is 1. The van der Waals surface area contributed by atoms with Gasteiger partial charge in [0.1, 0.15) is 10.8 Å². The number of carbonyl (C=O) groups is 1. The molecule has 0 atom stereocenters. The lowest BCUT2D eigenvalue weighted by Gasteiger charge is -2.07. The molecule has 4 nitrogen and oxygen atoms in total. The lowest BCUT2D eigenvalue weighted by atomic mass is 10.2. The normalized spacial score (nSPS) is 10.7. The van der Waals surface area contributed by atoms with E-state index < -0.39 is 0 Å². The van der Waals surface area contributed by atoms with E-state index in [4.69, 9.17) is 16.3 Å². The summed E-state index contributed by atoms with van der Waals surface area (Å²) in [5, 5.41) is 3.10. The molecule has 1 heterocycles. The molecule has 1 aromatic rings. The number of aromatic nitrogens is 1. The van der Waals surface area contributed by atoms with Gasteiger partial charge >= 0.3 is 0 Å². The summed E-state index contributed by atoms with van der Waals surface area (Å²) in [4.78, 5) is 15.6. The summed E-state index contributed by atoms with van der Waals surface area (Å²) in [6.07, 6.45) is 0.791. The molecule has 5 heteroatoms. The van der Waals surface area contributed by atoms with Crippen LogP contribution in [0.1, 0.15) is 30.8 Å². The molecule has 1 amide bonds. The van der Waals surface area contributed by atoms with Gasteiger partial charge in [-0.2, -0.15) is 0 Å². The molecule has 0 aliphatic rings. The molecule has 0 radical (unpaired) electrons. The second-order valence-corrected chi connectivity index (χ2v) is 4.81. The highest BCUT2D eigenvalue weighted by molar-refractivity contribution is 6.29. The molecule has 0 unspecified atom stereocenters. The summed E-state index contributed by atoms with van der Waals surface area (Å²) in [5.74, 6) is 0.330. The molecule has 0 aliphatic carbocycles. The van der Waals surface area contributed by atoms with Crippen LogP contribution in [0.25, 0.3) is 0 Å². The Morgan fingerprint density at radius 2 is 2.28 bits per heavy atom. The number of nitrogens with zero attached hydrogens (tertiary/aromatic N) is 1. The first-order valence-electron chi connectivity index (χ1n) is 6.08. The third-order valence-electron chi connectivity index (χ3n) is 2.15. The fourth-order valence-electron chi connectivity index (χ4n) is 1.32. The highest BCUT2D eigenvalue weighted by Gasteiger charge is 2.06. The first-order valence-corrected chi connectivity index (χ1v) is 6.46. The summed E-state index contributed by atoms with van der Waals surface area (Å²) in [6, 6.07) is 4.98. The van der Waals surface area contributed by atoms with Crippen molar-refractivity contribution in [1.29, 1.82) is 0 Å². The molecule has 1 N–H and O–H groups in total. The van der Waals surface area contributed by atoms with E-state index in [9.17, 15) is 4.79 Å². The van der Waals surface area contributed by atoms with Gasteiger partial charge in [0.15, 0.2) is 0 Å². The predicted molar refractivity (Wildman–Crippen MR) is 71.9 cm³/mol. The summed E-state index contributed by atoms with van der Waals surface area (Å²) in [7, 11) is 0. The molecule has 0 aliphatic heterocycles. The Morgan fingerprint density at radius 3 is 2.94 bits per heavy atom. The van der Waals surface area contributed by atoms with Gasteiger partial charge in [-0.1, -0.05) is 31.5 Å². The average molecular weight is 271 g/mol. The van der Waals surface area contributed by atoms with Gasteiger partial charge in [0.2, 0.25) is 0 Å². The zero-order valence-corrected chi connectivity index (χ0v) is 11.5. The summed E-state index contributed by atoms with van der Waals surface area (Å²) < 4.78 is 5.41. The largest absolute Gasteiger partial charge is 0.381 e. The number of amides is 1. The minimum Gasteiger partial charge on any atom is -0.381 e. The number of ether oxygens (including phenoxy) is 1. The van der Waals surface area contributed by atoms with E-state index >= 15 is 0 Å². The quantitative estimate of drug-likeness (QED) is 0.612. The van der Waals surface area contributed by atoms with E-state index in [1.54, 1.807) is 18.2 Å². The first-order chi connectivity index (χ1) is 8.59. The Hall–Kier alpha value is -1.13. The predicted octanol–water partition coefficient (Wildman–Crippen LogP) is 2.53. The third-order valence-corrected chi connectivity index (χ3v) is 2.36. The molecule has 0 spiro atoms. The van der Waals surface area contributed by atoms with Crippen LogP contribution in [0.3, 0.4) is 0 Å². The number of halogens is 1. The van der Waals surface area contributed by atoms with Gasteiger partial charge in [0.25, 0.3) is 5.91 Å². The maximum Gasteiger partial charge on any atom is 0.269 e. The number of hydrogen-bond acceptors (Lipinski definition) is 3. The number of pyridine rings is 1. The molecule has 0 fully saturated rings. The van der Waals surface area contributed by atoms with Crippen LogP contribution in [0.5, 0.6) is 0 Å². The number of rotatable bonds is 7. The minimum absolute atomic E-state index is 0.207. The zero-order valence-electron chi connectivity index (χ0n) is 10.8. The summed E-state index contributed by atoms with van der Waals surface area (Å²) in [5.41, 5.74) is 0.339. The van der Waals surface area contributed by atoms with Crippen LogP contribution in [-0.4, -0.2) is 30.6 Å². The highest BCUT2D eigenvalue weighted by atomic mass is 35.5. The van der Waals surface area contributed by atoms with Gasteiger partial charge in [-0.25, -0.2) is 4.98 Å². The average Bonchev–Trinajstić information content (AvgIpc) is 2.33. The Balaban J connectivity index is 2.18. The highest BCUT2D eigenvalue weighted by Crippen LogP contribution is 2.04. The molecule has 0 saturated carbocycles. The Morgan fingerprint density at radius 1 is 1.50 bits per heavy atom. The van der Waals surface area contributed by atoms with Crippen molar-refractivity contribution in [2.75, 3.05) is 19.8 Å². The Kier molecular flexibility index (Phi) is 6.68. The lowest BCUT2D eigenvalue weighted by Crippen LogP contribution is -2.26. The van der Waals surface area contributed by atoms with Crippen molar-refractivity contribution in [3.8, 4) is 0 Å². The third kappa shape index (κ3) is 5.98. The zero-order chi connectivity index (χ0) is 13.4. The van der Waals surface area contributed by atoms with Crippen molar-refractivity contribution >= 4 is 17.5 Å². The summed E-state index contributed by atoms with van der Waals surface area (Å²) >= 11 is 5.71. The van der Waals surface area contributed by atoms with Gasteiger partial charge in [-0.3, -0.25) is 4.79 Å². The standard InChI is InChI=1S/C13H19ClN2O2/c1-10(2)9-18-8-4-7-15-13(17)11-5-3-6-12(14)16-11/h3,5-6,10H,4,7-9H2,1-2H3,(H,15,17). The lowest BCUT2D eigenvalue weighted by molar-refractivity contribution is 0.0920. The van der Waals surface area contributed by atoms with Crippen LogP contribution < -0.4 is 5.32 Å². The minimum atomic E-state index is -0.207. The van der Waals surface area contributed by atoms with Gasteiger partial charge < -0.3 is 10.1 Å². The van der Waals surface area contributed by atoms with Gasteiger partial charge in [-0.05, 0) is 24.5 Å². The van der Waals surface area contributed by atoms with Crippen LogP contribution in [-0.2, 0) is 4.74 Å². The van der Waals surface area contributed by atoms with Crippen molar-refractivity contribution in [2.45, 2.75) is 20.3 Å². The summed E-state index contributed by atoms with van der Waals surface area (Å²) in [6.45, 7) is 6.19. The number of hydrogen-bond donors (Lipinski definition) is 1. The maximum atomic E-state index is 11.7. The van der Waals surface area contributed by atoms with E-state index in [0.29, 0.717) is 29.9 Å². The maximum absolute atomic E-state index is 11.7. The van der Waals surface area contributed by atoms with Crippen LogP contribution >= 0.6 is 11.6 Å². The van der Waals surface area contributed by atoms with E-state index in [1.807, 2.05) is 0 Å². The smallest absolute Gasteiger partial charge is 0.269 e. The van der Waals surface area contributed by atoms with Gasteiger partial charge in [0, 0.05) is 19.8 Å². The second-order valence-electron chi connectivity index (χ2n) is 4.42. The van der Waals surface area contributed by atoms with E-state index in [0.717, 1.165) is 13.0 Å². The van der Waals surface area contributed by atoms with E-state index in [-0.39, 0.29) is 5.91 Å².